The van der Waals surface area contributed by atoms with E-state index in [4.69, 9.17) is 0 Å². The highest BCUT2D eigenvalue weighted by Crippen LogP contribution is 2.04. The molecule has 0 spiro atoms. The van der Waals surface area contributed by atoms with Gasteiger partial charge in [0.1, 0.15) is 0 Å². The van der Waals surface area contributed by atoms with E-state index in [-0.39, 0.29) is 0 Å². The van der Waals surface area contributed by atoms with Crippen molar-refractivity contribution in [2.45, 2.75) is 0 Å². The fraction of sp³-hybridized carbons (Fsp3) is 0. The molecule has 0 aromatic heterocycles. The van der Waals surface area contributed by atoms with Crippen LogP contribution in [0.5, 0.6) is 0 Å². The van der Waals surface area contributed by atoms with E-state index in [2.05, 4.69) is 15.9 Å². The van der Waals surface area contributed by atoms with Crippen LogP contribution in [0.15, 0.2) is 40.9 Å². The summed E-state index contributed by atoms with van der Waals surface area (Å²) in [6.45, 7) is 0. The van der Waals surface area contributed by atoms with Crippen LogP contribution in [0.1, 0.15) is 0 Å². The van der Waals surface area contributed by atoms with E-state index in [0.717, 1.165) is 4.47 Å². The Morgan fingerprint density at radius 2 is 2.12 bits per heavy atom. The largest absolute Gasteiger partial charge is 0.0853 e. The van der Waals surface area contributed by atoms with Gasteiger partial charge in [-0.05, 0) is 15.9 Å². The minimum Gasteiger partial charge on any atom is -0.0334 e. The third-order valence-electron chi connectivity index (χ3n) is 0.844. The Morgan fingerprint density at radius 3 is 3.00 bits per heavy atom. The standard InChI is InChI=1S/C7H6Br/c8-7-5-3-1-2-4-6-7/h1-6H/q+1. The van der Waals surface area contributed by atoms with Crippen molar-refractivity contribution in [1.82, 2.24) is 0 Å². The van der Waals surface area contributed by atoms with E-state index in [9.17, 15) is 0 Å². The van der Waals surface area contributed by atoms with Gasteiger partial charge in [0.05, 0.1) is 4.47 Å². The normalized spacial score (nSPS) is 8.62. The quantitative estimate of drug-likeness (QED) is 0.525. The van der Waals surface area contributed by atoms with Crippen molar-refractivity contribution >= 4 is 15.9 Å². The van der Waals surface area contributed by atoms with Crippen LogP contribution in [0.3, 0.4) is 0 Å². The zero-order valence-electron chi connectivity index (χ0n) is 4.34. The Bertz CT molecular complexity index is 158. The van der Waals surface area contributed by atoms with Crippen molar-refractivity contribution in [2.24, 2.45) is 0 Å². The Kier molecular flexibility index (Phi) is 1.98. The van der Waals surface area contributed by atoms with Gasteiger partial charge in [-0.15, -0.1) is 0 Å². The molecule has 40 valence electrons. The van der Waals surface area contributed by atoms with Gasteiger partial charge in [-0.2, -0.15) is 0 Å². The van der Waals surface area contributed by atoms with E-state index < -0.39 is 0 Å². The van der Waals surface area contributed by atoms with Gasteiger partial charge in [0.2, 0.25) is 0 Å². The second-order valence-corrected chi connectivity index (χ2v) is 2.40. The van der Waals surface area contributed by atoms with Gasteiger partial charge in [0.25, 0.3) is 0 Å². The van der Waals surface area contributed by atoms with Crippen LogP contribution in [-0.4, -0.2) is 0 Å². The molecule has 8 heavy (non-hydrogen) atoms. The van der Waals surface area contributed by atoms with Crippen molar-refractivity contribution in [1.29, 1.82) is 0 Å². The average Bonchev–Trinajstić information content (AvgIpc) is 1.94. The average molecular weight is 170 g/mol. The molecule has 0 atom stereocenters. The van der Waals surface area contributed by atoms with E-state index in [1.165, 1.54) is 0 Å². The predicted octanol–water partition coefficient (Wildman–Crippen LogP) is 2.73. The lowest BCUT2D eigenvalue weighted by Crippen LogP contribution is -1.45. The van der Waals surface area contributed by atoms with Crippen molar-refractivity contribution < 1.29 is 0 Å². The van der Waals surface area contributed by atoms with Crippen molar-refractivity contribution in [3.8, 4) is 0 Å². The molecule has 0 aliphatic rings. The maximum absolute atomic E-state index is 3.34. The first-order valence-corrected chi connectivity index (χ1v) is 3.23. The first-order chi connectivity index (χ1) is 3.89. The van der Waals surface area contributed by atoms with E-state index in [0.29, 0.717) is 0 Å². The molecule has 0 heterocycles. The van der Waals surface area contributed by atoms with Crippen LogP contribution in [-0.2, 0) is 0 Å². The van der Waals surface area contributed by atoms with Crippen LogP contribution in [0.4, 0.5) is 0 Å². The van der Waals surface area contributed by atoms with Gasteiger partial charge in [0, 0.05) is 36.4 Å². The Balaban J connectivity index is 3.12. The molecule has 1 rings (SSSR count). The topological polar surface area (TPSA) is 0 Å². The summed E-state index contributed by atoms with van der Waals surface area (Å²) in [6.07, 6.45) is 0. The molecule has 0 aliphatic carbocycles. The molecule has 0 bridgehead atoms. The number of hydrogen-bond donors (Lipinski definition) is 0. The van der Waals surface area contributed by atoms with E-state index in [1.54, 1.807) is 0 Å². The smallest absolute Gasteiger partial charge is 0.0334 e. The first-order valence-electron chi connectivity index (χ1n) is 2.43. The number of hydrogen-bond acceptors (Lipinski definition) is 0. The molecule has 0 N–H and O–H groups in total. The Morgan fingerprint density at radius 1 is 1.25 bits per heavy atom. The van der Waals surface area contributed by atoms with Crippen molar-refractivity contribution in [3.63, 3.8) is 0 Å². The minimum atomic E-state index is 1.11. The summed E-state index contributed by atoms with van der Waals surface area (Å²) < 4.78 is 1.11. The molecule has 0 saturated carbocycles. The molecule has 0 nitrogen and oxygen atoms in total. The lowest BCUT2D eigenvalue weighted by atomic mass is 10.5. The zero-order chi connectivity index (χ0) is 5.82. The minimum absolute atomic E-state index is 1.11. The van der Waals surface area contributed by atoms with Gasteiger partial charge in [-0.1, -0.05) is 0 Å². The lowest BCUT2D eigenvalue weighted by molar-refractivity contribution is 1.78. The van der Waals surface area contributed by atoms with Crippen LogP contribution in [0.25, 0.3) is 0 Å². The molecular weight excluding hydrogens is 164 g/mol. The highest BCUT2D eigenvalue weighted by atomic mass is 79.9. The van der Waals surface area contributed by atoms with Crippen molar-refractivity contribution in [3.05, 3.63) is 40.9 Å². The molecule has 1 heteroatoms. The second kappa shape index (κ2) is 2.78. The molecule has 0 fully saturated rings. The van der Waals surface area contributed by atoms with Gasteiger partial charge in [0.15, 0.2) is 0 Å². The third kappa shape index (κ3) is 1.58. The maximum atomic E-state index is 3.34. The van der Waals surface area contributed by atoms with Gasteiger partial charge < -0.3 is 0 Å². The van der Waals surface area contributed by atoms with Crippen LogP contribution in [0.2, 0.25) is 0 Å². The molecule has 0 amide bonds. The van der Waals surface area contributed by atoms with Gasteiger partial charge in [-0.3, -0.25) is 0 Å². The summed E-state index contributed by atoms with van der Waals surface area (Å²) in [6, 6.07) is 12.0. The highest BCUT2D eigenvalue weighted by molar-refractivity contribution is 9.10. The summed E-state index contributed by atoms with van der Waals surface area (Å²) in [5, 5.41) is 0. The molecular formula is C7H6Br+. The summed E-state index contributed by atoms with van der Waals surface area (Å²) in [7, 11) is 0. The summed E-state index contributed by atoms with van der Waals surface area (Å²) >= 11 is 3.34. The fourth-order valence-electron chi connectivity index (χ4n) is 0.479. The molecule has 0 radical (unpaired) electrons. The summed E-state index contributed by atoms with van der Waals surface area (Å²) in [5.41, 5.74) is 0. The predicted molar refractivity (Wildman–Crippen MR) is 38.5 cm³/mol. The summed E-state index contributed by atoms with van der Waals surface area (Å²) in [4.78, 5) is 0. The fourth-order valence-corrected chi connectivity index (χ4v) is 0.784. The number of halogens is 1. The molecule has 0 unspecified atom stereocenters. The zero-order valence-corrected chi connectivity index (χ0v) is 5.93. The van der Waals surface area contributed by atoms with Crippen LogP contribution < -0.4 is 0 Å². The molecule has 1 aromatic carbocycles. The Labute approximate surface area is 57.3 Å². The monoisotopic (exact) mass is 169 g/mol. The maximum Gasteiger partial charge on any atom is 0.0853 e. The van der Waals surface area contributed by atoms with Gasteiger partial charge >= 0.3 is 0 Å². The molecule has 1 aromatic rings. The first kappa shape index (κ1) is 5.70. The molecule has 0 saturated heterocycles. The third-order valence-corrected chi connectivity index (χ3v) is 1.37. The highest BCUT2D eigenvalue weighted by Gasteiger charge is 1.81. The summed E-state index contributed by atoms with van der Waals surface area (Å²) in [5.74, 6) is 0. The SMILES string of the molecule is Brc1ccc[cH+]cc1. The lowest BCUT2D eigenvalue weighted by Gasteiger charge is -1.64. The van der Waals surface area contributed by atoms with E-state index in [1.807, 2.05) is 36.4 Å². The van der Waals surface area contributed by atoms with Gasteiger partial charge in [-0.25, -0.2) is 0 Å². The van der Waals surface area contributed by atoms with Crippen LogP contribution in [0, 0.1) is 0 Å². The van der Waals surface area contributed by atoms with Crippen molar-refractivity contribution in [2.75, 3.05) is 0 Å². The second-order valence-electron chi connectivity index (χ2n) is 1.49. The Hall–Kier alpha value is -0.430. The number of rotatable bonds is 0. The molecule has 0 aliphatic heterocycles. The van der Waals surface area contributed by atoms with E-state index >= 15 is 0 Å². The van der Waals surface area contributed by atoms with Crippen LogP contribution >= 0.6 is 15.9 Å².